The third-order valence-electron chi connectivity index (χ3n) is 4.65. The standard InChI is InChI=1S/C25H26ClNO4/c1-16(2)19-11-9-17(3)13-24(19)30-15-25(28)27-20-14-18(26)10-12-21(20)31-23-8-6-5-7-22(23)29-4/h5-14,16H,15H2,1-4H3,(H,27,28). The maximum Gasteiger partial charge on any atom is 0.262 e. The molecule has 5 nitrogen and oxygen atoms in total. The van der Waals surface area contributed by atoms with E-state index in [4.69, 9.17) is 25.8 Å². The number of hydrogen-bond donors (Lipinski definition) is 1. The quantitative estimate of drug-likeness (QED) is 0.430. The molecule has 0 aliphatic carbocycles. The summed E-state index contributed by atoms with van der Waals surface area (Å²) in [5.41, 5.74) is 2.57. The molecule has 0 atom stereocenters. The van der Waals surface area contributed by atoms with Gasteiger partial charge in [-0.3, -0.25) is 4.79 Å². The third-order valence-corrected chi connectivity index (χ3v) is 4.89. The lowest BCUT2D eigenvalue weighted by atomic mass is 10.0. The van der Waals surface area contributed by atoms with Gasteiger partial charge >= 0.3 is 0 Å². The maximum atomic E-state index is 12.6. The number of hydrogen-bond acceptors (Lipinski definition) is 4. The third kappa shape index (κ3) is 5.92. The number of methoxy groups -OCH3 is 1. The van der Waals surface area contributed by atoms with Gasteiger partial charge in [0.2, 0.25) is 0 Å². The lowest BCUT2D eigenvalue weighted by Gasteiger charge is -2.16. The van der Waals surface area contributed by atoms with Gasteiger partial charge in [0.15, 0.2) is 23.9 Å². The van der Waals surface area contributed by atoms with Gasteiger partial charge < -0.3 is 19.5 Å². The maximum absolute atomic E-state index is 12.6. The lowest BCUT2D eigenvalue weighted by Crippen LogP contribution is -2.21. The summed E-state index contributed by atoms with van der Waals surface area (Å²) in [6.07, 6.45) is 0. The van der Waals surface area contributed by atoms with E-state index in [1.807, 2.05) is 37.3 Å². The molecule has 3 aromatic carbocycles. The molecule has 0 bridgehead atoms. The molecular weight excluding hydrogens is 414 g/mol. The molecule has 0 aromatic heterocycles. The average molecular weight is 440 g/mol. The molecule has 0 heterocycles. The molecule has 0 aliphatic heterocycles. The molecule has 0 radical (unpaired) electrons. The summed E-state index contributed by atoms with van der Waals surface area (Å²) in [6, 6.07) is 18.3. The van der Waals surface area contributed by atoms with Crippen molar-refractivity contribution in [3.63, 3.8) is 0 Å². The average Bonchev–Trinajstić information content (AvgIpc) is 2.74. The fourth-order valence-corrected chi connectivity index (χ4v) is 3.26. The minimum absolute atomic E-state index is 0.135. The van der Waals surface area contributed by atoms with Crippen LogP contribution in [0.5, 0.6) is 23.0 Å². The van der Waals surface area contributed by atoms with Crippen LogP contribution in [0.4, 0.5) is 5.69 Å². The molecule has 31 heavy (non-hydrogen) atoms. The van der Waals surface area contributed by atoms with E-state index in [0.29, 0.717) is 33.7 Å². The summed E-state index contributed by atoms with van der Waals surface area (Å²) in [7, 11) is 1.57. The van der Waals surface area contributed by atoms with E-state index < -0.39 is 0 Å². The van der Waals surface area contributed by atoms with Crippen molar-refractivity contribution in [3.8, 4) is 23.0 Å². The van der Waals surface area contributed by atoms with Crippen LogP contribution in [0.25, 0.3) is 0 Å². The number of aryl methyl sites for hydroxylation is 1. The zero-order chi connectivity index (χ0) is 22.4. The summed E-state index contributed by atoms with van der Waals surface area (Å²) in [5, 5.41) is 3.30. The van der Waals surface area contributed by atoms with Crippen molar-refractivity contribution in [3.05, 3.63) is 76.8 Å². The number of para-hydroxylation sites is 2. The van der Waals surface area contributed by atoms with Gasteiger partial charge in [-0.2, -0.15) is 0 Å². The molecule has 0 aliphatic rings. The van der Waals surface area contributed by atoms with Gasteiger partial charge in [0.1, 0.15) is 5.75 Å². The minimum atomic E-state index is -0.316. The van der Waals surface area contributed by atoms with Crippen molar-refractivity contribution >= 4 is 23.2 Å². The van der Waals surface area contributed by atoms with Gasteiger partial charge in [0.25, 0.3) is 5.91 Å². The number of rotatable bonds is 8. The fraction of sp³-hybridized carbons (Fsp3) is 0.240. The predicted molar refractivity (Wildman–Crippen MR) is 124 cm³/mol. The SMILES string of the molecule is COc1ccccc1Oc1ccc(Cl)cc1NC(=O)COc1cc(C)ccc1C(C)C. The molecule has 0 saturated carbocycles. The first-order chi connectivity index (χ1) is 14.9. The summed E-state index contributed by atoms with van der Waals surface area (Å²) >= 11 is 6.15. The Kier molecular flexibility index (Phi) is 7.42. The van der Waals surface area contributed by atoms with Crippen LogP contribution >= 0.6 is 11.6 Å². The predicted octanol–water partition coefficient (Wildman–Crippen LogP) is 6.59. The van der Waals surface area contributed by atoms with Crippen LogP contribution in [0, 0.1) is 6.92 Å². The Morgan fingerprint density at radius 3 is 2.42 bits per heavy atom. The van der Waals surface area contributed by atoms with Crippen LogP contribution in [0.15, 0.2) is 60.7 Å². The number of anilines is 1. The number of ether oxygens (including phenoxy) is 3. The first kappa shape index (κ1) is 22.5. The molecule has 162 valence electrons. The van der Waals surface area contributed by atoms with E-state index >= 15 is 0 Å². The molecule has 3 aromatic rings. The Balaban J connectivity index is 1.75. The topological polar surface area (TPSA) is 56.8 Å². The summed E-state index contributed by atoms with van der Waals surface area (Å²) in [4.78, 5) is 12.6. The van der Waals surface area contributed by atoms with Crippen molar-refractivity contribution in [1.82, 2.24) is 0 Å². The second-order valence-electron chi connectivity index (χ2n) is 7.43. The van der Waals surface area contributed by atoms with Gasteiger partial charge in [-0.1, -0.05) is 49.7 Å². The molecule has 3 rings (SSSR count). The highest BCUT2D eigenvalue weighted by atomic mass is 35.5. The van der Waals surface area contributed by atoms with Gasteiger partial charge in [0, 0.05) is 5.02 Å². The van der Waals surface area contributed by atoms with Crippen LogP contribution in [0.1, 0.15) is 30.9 Å². The van der Waals surface area contributed by atoms with E-state index in [1.54, 1.807) is 37.4 Å². The van der Waals surface area contributed by atoms with E-state index in [0.717, 1.165) is 11.1 Å². The molecule has 0 saturated heterocycles. The first-order valence-electron chi connectivity index (χ1n) is 10.0. The van der Waals surface area contributed by atoms with Crippen molar-refractivity contribution < 1.29 is 19.0 Å². The van der Waals surface area contributed by atoms with Crippen molar-refractivity contribution in [2.45, 2.75) is 26.7 Å². The highest BCUT2D eigenvalue weighted by Gasteiger charge is 2.14. The summed E-state index contributed by atoms with van der Waals surface area (Å²) in [6.45, 7) is 6.03. The fourth-order valence-electron chi connectivity index (χ4n) is 3.08. The number of halogens is 1. The molecule has 1 N–H and O–H groups in total. The van der Waals surface area contributed by atoms with Gasteiger partial charge in [-0.15, -0.1) is 0 Å². The Bertz CT molecular complexity index is 1070. The van der Waals surface area contributed by atoms with Crippen LogP contribution in [0.3, 0.4) is 0 Å². The number of carbonyl (C=O) groups is 1. The second kappa shape index (κ2) is 10.2. The number of amides is 1. The Morgan fingerprint density at radius 1 is 0.968 bits per heavy atom. The molecule has 0 fully saturated rings. The van der Waals surface area contributed by atoms with Crippen LogP contribution in [-0.2, 0) is 4.79 Å². The summed E-state index contributed by atoms with van der Waals surface area (Å²) in [5.74, 6) is 2.23. The molecular formula is C25H26ClNO4. The largest absolute Gasteiger partial charge is 0.493 e. The highest BCUT2D eigenvalue weighted by molar-refractivity contribution is 6.31. The van der Waals surface area contributed by atoms with Crippen LogP contribution < -0.4 is 19.5 Å². The van der Waals surface area contributed by atoms with E-state index in [1.165, 1.54) is 0 Å². The molecule has 6 heteroatoms. The van der Waals surface area contributed by atoms with E-state index in [9.17, 15) is 4.79 Å². The monoisotopic (exact) mass is 439 g/mol. The lowest BCUT2D eigenvalue weighted by molar-refractivity contribution is -0.118. The zero-order valence-corrected chi connectivity index (χ0v) is 18.8. The van der Waals surface area contributed by atoms with Gasteiger partial charge in [0.05, 0.1) is 12.8 Å². The summed E-state index contributed by atoms with van der Waals surface area (Å²) < 4.78 is 17.1. The Labute approximate surface area is 187 Å². The van der Waals surface area contributed by atoms with Crippen LogP contribution in [0.2, 0.25) is 5.02 Å². The molecule has 0 spiro atoms. The highest BCUT2D eigenvalue weighted by Crippen LogP contribution is 2.36. The van der Waals surface area contributed by atoms with Gasteiger partial charge in [-0.25, -0.2) is 0 Å². The van der Waals surface area contributed by atoms with E-state index in [-0.39, 0.29) is 18.4 Å². The van der Waals surface area contributed by atoms with Crippen molar-refractivity contribution in [1.29, 1.82) is 0 Å². The molecule has 1 amide bonds. The van der Waals surface area contributed by atoms with E-state index in [2.05, 4.69) is 19.2 Å². The van der Waals surface area contributed by atoms with Gasteiger partial charge in [-0.05, 0) is 60.4 Å². The smallest absolute Gasteiger partial charge is 0.262 e. The number of benzene rings is 3. The number of nitrogens with one attached hydrogen (secondary N) is 1. The van der Waals surface area contributed by atoms with Crippen molar-refractivity contribution in [2.24, 2.45) is 0 Å². The first-order valence-corrected chi connectivity index (χ1v) is 10.4. The number of carbonyl (C=O) groups excluding carboxylic acids is 1. The molecule has 0 unspecified atom stereocenters. The minimum Gasteiger partial charge on any atom is -0.493 e. The Morgan fingerprint density at radius 2 is 1.71 bits per heavy atom. The zero-order valence-electron chi connectivity index (χ0n) is 18.1. The van der Waals surface area contributed by atoms with Crippen LogP contribution in [-0.4, -0.2) is 19.6 Å². The normalized spacial score (nSPS) is 10.6. The second-order valence-corrected chi connectivity index (χ2v) is 7.86. The Hall–Kier alpha value is -3.18. The van der Waals surface area contributed by atoms with Crippen molar-refractivity contribution in [2.75, 3.05) is 19.0 Å².